The maximum Gasteiger partial charge on any atom is 0.131 e. The fourth-order valence-corrected chi connectivity index (χ4v) is 3.47. The Bertz CT molecular complexity index is 671. The summed E-state index contributed by atoms with van der Waals surface area (Å²) >= 11 is 3.48. The Morgan fingerprint density at radius 3 is 2.74 bits per heavy atom. The van der Waals surface area contributed by atoms with E-state index in [2.05, 4.69) is 75.0 Å². The molecule has 1 aliphatic heterocycles. The van der Waals surface area contributed by atoms with Crippen LogP contribution < -0.4 is 9.80 Å². The van der Waals surface area contributed by atoms with Crippen LogP contribution in [-0.2, 0) is 11.3 Å². The molecule has 0 spiro atoms. The van der Waals surface area contributed by atoms with Crippen molar-refractivity contribution in [1.82, 2.24) is 4.98 Å². The second kappa shape index (κ2) is 7.32. The van der Waals surface area contributed by atoms with Gasteiger partial charge in [0.25, 0.3) is 0 Å². The van der Waals surface area contributed by atoms with Crippen molar-refractivity contribution in [2.75, 3.05) is 43.2 Å². The minimum atomic E-state index is 0.803. The van der Waals surface area contributed by atoms with Crippen LogP contribution in [0.1, 0.15) is 11.1 Å². The van der Waals surface area contributed by atoms with Crippen molar-refractivity contribution >= 4 is 27.4 Å². The van der Waals surface area contributed by atoms with E-state index in [1.165, 1.54) is 16.8 Å². The lowest BCUT2D eigenvalue weighted by Gasteiger charge is -2.31. The highest BCUT2D eigenvalue weighted by Gasteiger charge is 2.16. The molecule has 2 aromatic rings. The third kappa shape index (κ3) is 3.85. The summed E-state index contributed by atoms with van der Waals surface area (Å²) in [6.45, 7) is 6.45. The summed E-state index contributed by atoms with van der Waals surface area (Å²) in [5.41, 5.74) is 3.80. The Morgan fingerprint density at radius 1 is 1.26 bits per heavy atom. The van der Waals surface area contributed by atoms with E-state index in [4.69, 9.17) is 4.74 Å². The Kier molecular flexibility index (Phi) is 5.18. The molecule has 0 N–H and O–H groups in total. The van der Waals surface area contributed by atoms with Gasteiger partial charge < -0.3 is 14.5 Å². The number of nitrogens with zero attached hydrogens (tertiary/aromatic N) is 3. The summed E-state index contributed by atoms with van der Waals surface area (Å²) in [6.07, 6.45) is 1.85. The highest BCUT2D eigenvalue weighted by Crippen LogP contribution is 2.26. The summed E-state index contributed by atoms with van der Waals surface area (Å²) in [5, 5.41) is 0. The first-order valence-corrected chi connectivity index (χ1v) is 8.68. The van der Waals surface area contributed by atoms with Gasteiger partial charge in [-0.1, -0.05) is 18.2 Å². The van der Waals surface area contributed by atoms with Crippen molar-refractivity contribution in [3.05, 3.63) is 52.1 Å². The summed E-state index contributed by atoms with van der Waals surface area (Å²) in [4.78, 5) is 9.18. The first-order chi connectivity index (χ1) is 11.1. The molecule has 1 fully saturated rings. The Labute approximate surface area is 146 Å². The molecule has 0 saturated carbocycles. The molecular weight excluding hydrogens is 354 g/mol. The molecule has 0 atom stereocenters. The number of anilines is 2. The number of aryl methyl sites for hydroxylation is 1. The average Bonchev–Trinajstić information content (AvgIpc) is 2.56. The van der Waals surface area contributed by atoms with E-state index in [1.807, 2.05) is 6.20 Å². The van der Waals surface area contributed by atoms with Gasteiger partial charge in [-0.05, 0) is 46.1 Å². The number of aromatic nitrogens is 1. The predicted octanol–water partition coefficient (Wildman–Crippen LogP) is 3.63. The van der Waals surface area contributed by atoms with Crippen molar-refractivity contribution in [3.8, 4) is 0 Å². The molecule has 1 aromatic carbocycles. The van der Waals surface area contributed by atoms with Crippen LogP contribution in [-0.4, -0.2) is 38.3 Å². The van der Waals surface area contributed by atoms with Gasteiger partial charge in [-0.3, -0.25) is 0 Å². The zero-order valence-electron chi connectivity index (χ0n) is 13.6. The zero-order chi connectivity index (χ0) is 16.2. The van der Waals surface area contributed by atoms with Crippen LogP contribution >= 0.6 is 15.9 Å². The van der Waals surface area contributed by atoms with Crippen molar-refractivity contribution in [3.63, 3.8) is 0 Å². The molecule has 23 heavy (non-hydrogen) atoms. The molecule has 3 rings (SSSR count). The number of ether oxygens (including phenoxy) is 1. The van der Waals surface area contributed by atoms with E-state index in [0.29, 0.717) is 0 Å². The van der Waals surface area contributed by atoms with Gasteiger partial charge in [-0.25, -0.2) is 4.98 Å². The number of morpholine rings is 1. The van der Waals surface area contributed by atoms with Gasteiger partial charge in [0.2, 0.25) is 0 Å². The largest absolute Gasteiger partial charge is 0.378 e. The van der Waals surface area contributed by atoms with E-state index in [0.717, 1.165) is 43.1 Å². The topological polar surface area (TPSA) is 28.6 Å². The Morgan fingerprint density at radius 2 is 2.00 bits per heavy atom. The molecule has 0 amide bonds. The molecule has 4 nitrogen and oxygen atoms in total. The molecule has 122 valence electrons. The molecule has 5 heteroatoms. The molecule has 1 aliphatic rings. The van der Waals surface area contributed by atoms with E-state index in [-0.39, 0.29) is 0 Å². The van der Waals surface area contributed by atoms with E-state index < -0.39 is 0 Å². The van der Waals surface area contributed by atoms with Crippen LogP contribution in [0.15, 0.2) is 41.0 Å². The normalized spacial score (nSPS) is 14.8. The van der Waals surface area contributed by atoms with Crippen LogP contribution in [0.2, 0.25) is 0 Å². The third-order valence-corrected chi connectivity index (χ3v) is 4.56. The molecule has 1 aromatic heterocycles. The number of para-hydroxylation sites is 1. The SMILES string of the molecule is Cc1cc(Br)cnc1N(C)Cc1ccccc1N1CCOCC1. The zero-order valence-corrected chi connectivity index (χ0v) is 15.2. The smallest absolute Gasteiger partial charge is 0.131 e. The Balaban J connectivity index is 1.82. The summed E-state index contributed by atoms with van der Waals surface area (Å²) in [5.74, 6) is 1.02. The van der Waals surface area contributed by atoms with Gasteiger partial charge in [0.1, 0.15) is 5.82 Å². The Hall–Kier alpha value is -1.59. The van der Waals surface area contributed by atoms with E-state index >= 15 is 0 Å². The lowest BCUT2D eigenvalue weighted by Crippen LogP contribution is -2.37. The van der Waals surface area contributed by atoms with Crippen LogP contribution in [0.5, 0.6) is 0 Å². The van der Waals surface area contributed by atoms with Gasteiger partial charge in [0.05, 0.1) is 13.2 Å². The molecule has 0 aliphatic carbocycles. The summed E-state index contributed by atoms with van der Waals surface area (Å²) in [6, 6.07) is 10.7. The standard InChI is InChI=1S/C18H22BrN3O/c1-14-11-16(19)12-20-18(14)21(2)13-15-5-3-4-6-17(15)22-7-9-23-10-8-22/h3-6,11-12H,7-10,13H2,1-2H3. The summed E-state index contributed by atoms with van der Waals surface area (Å²) < 4.78 is 6.49. The number of hydrogen-bond acceptors (Lipinski definition) is 4. The predicted molar refractivity (Wildman–Crippen MR) is 98.3 cm³/mol. The monoisotopic (exact) mass is 375 g/mol. The van der Waals surface area contributed by atoms with Crippen LogP contribution in [0.4, 0.5) is 11.5 Å². The highest BCUT2D eigenvalue weighted by molar-refractivity contribution is 9.10. The van der Waals surface area contributed by atoms with E-state index in [9.17, 15) is 0 Å². The highest BCUT2D eigenvalue weighted by atomic mass is 79.9. The minimum Gasteiger partial charge on any atom is -0.378 e. The third-order valence-electron chi connectivity index (χ3n) is 4.13. The fourth-order valence-electron chi connectivity index (χ4n) is 3.02. The van der Waals surface area contributed by atoms with Gasteiger partial charge in [-0.2, -0.15) is 0 Å². The quantitative estimate of drug-likeness (QED) is 0.815. The number of rotatable bonds is 4. The second-order valence-electron chi connectivity index (χ2n) is 5.88. The molecule has 1 saturated heterocycles. The number of benzene rings is 1. The minimum absolute atomic E-state index is 0.803. The first-order valence-electron chi connectivity index (χ1n) is 7.89. The molecule has 0 bridgehead atoms. The second-order valence-corrected chi connectivity index (χ2v) is 6.79. The van der Waals surface area contributed by atoms with Gasteiger partial charge in [-0.15, -0.1) is 0 Å². The average molecular weight is 376 g/mol. The lowest BCUT2D eigenvalue weighted by molar-refractivity contribution is 0.122. The molecular formula is C18H22BrN3O. The van der Waals surface area contributed by atoms with Crippen molar-refractivity contribution in [1.29, 1.82) is 0 Å². The van der Waals surface area contributed by atoms with Crippen LogP contribution in [0, 0.1) is 6.92 Å². The molecule has 0 unspecified atom stereocenters. The lowest BCUT2D eigenvalue weighted by atomic mass is 10.1. The van der Waals surface area contributed by atoms with Crippen molar-refractivity contribution in [2.24, 2.45) is 0 Å². The summed E-state index contributed by atoms with van der Waals surface area (Å²) in [7, 11) is 2.10. The number of pyridine rings is 1. The molecule has 2 heterocycles. The van der Waals surface area contributed by atoms with Crippen LogP contribution in [0.25, 0.3) is 0 Å². The van der Waals surface area contributed by atoms with Gasteiger partial charge in [0, 0.05) is 43.0 Å². The first kappa shape index (κ1) is 16.3. The maximum absolute atomic E-state index is 5.47. The maximum atomic E-state index is 5.47. The van der Waals surface area contributed by atoms with Crippen LogP contribution in [0.3, 0.4) is 0 Å². The number of halogens is 1. The number of hydrogen-bond donors (Lipinski definition) is 0. The van der Waals surface area contributed by atoms with E-state index in [1.54, 1.807) is 0 Å². The van der Waals surface area contributed by atoms with Crippen molar-refractivity contribution in [2.45, 2.75) is 13.5 Å². The van der Waals surface area contributed by atoms with Gasteiger partial charge >= 0.3 is 0 Å². The van der Waals surface area contributed by atoms with Gasteiger partial charge in [0.15, 0.2) is 0 Å². The van der Waals surface area contributed by atoms with Crippen molar-refractivity contribution < 1.29 is 4.74 Å². The molecule has 0 radical (unpaired) electrons. The fraction of sp³-hybridized carbons (Fsp3) is 0.389.